The van der Waals surface area contributed by atoms with Gasteiger partial charge in [-0.25, -0.2) is 4.79 Å². The molecule has 0 aromatic heterocycles. The van der Waals surface area contributed by atoms with E-state index in [1.54, 1.807) is 43.4 Å². The van der Waals surface area contributed by atoms with Crippen LogP contribution in [0.25, 0.3) is 0 Å². The second kappa shape index (κ2) is 15.8. The number of nitrogens with one attached hydrogen (secondary N) is 2. The van der Waals surface area contributed by atoms with E-state index in [-0.39, 0.29) is 42.8 Å². The number of ether oxygens (including phenoxy) is 2. The number of methoxy groups -OCH3 is 2. The van der Waals surface area contributed by atoms with Gasteiger partial charge < -0.3 is 25.0 Å². The number of halogens is 1. The summed E-state index contributed by atoms with van der Waals surface area (Å²) < 4.78 is 10.7. The maximum Gasteiger partial charge on any atom is 0.327 e. The van der Waals surface area contributed by atoms with E-state index in [0.717, 1.165) is 29.5 Å². The highest BCUT2D eigenvalue weighted by Gasteiger charge is 2.47. The summed E-state index contributed by atoms with van der Waals surface area (Å²) in [7, 11) is 3.15. The van der Waals surface area contributed by atoms with Gasteiger partial charge in [0.15, 0.2) is 11.5 Å². The Morgan fingerprint density at radius 2 is 1.45 bits per heavy atom. The molecule has 0 radical (unpaired) electrons. The first-order valence-corrected chi connectivity index (χ1v) is 16.4. The largest absolute Gasteiger partial charge is 0.493 e. The number of carbonyl (C=O) groups is 4. The molecule has 3 aromatic rings. The maximum atomic E-state index is 13.7. The topological polar surface area (TPSA) is 117 Å². The van der Waals surface area contributed by atoms with Crippen LogP contribution in [0.5, 0.6) is 11.5 Å². The Bertz CT molecular complexity index is 1580. The third kappa shape index (κ3) is 8.43. The van der Waals surface area contributed by atoms with Gasteiger partial charge in [-0.3, -0.25) is 19.3 Å². The first-order valence-electron chi connectivity index (χ1n) is 16.0. The maximum absolute atomic E-state index is 13.7. The number of nitrogens with zero attached hydrogens (tertiary/aromatic N) is 2. The Morgan fingerprint density at radius 1 is 0.809 bits per heavy atom. The molecule has 0 spiro atoms. The summed E-state index contributed by atoms with van der Waals surface area (Å²) >= 11 is 5.94. The minimum absolute atomic E-state index is 0.0662. The number of fused-ring (bicyclic) bond motifs is 1. The SMILES string of the molecule is COc1ccc(CCNC(=O)CN2C(=O)N(Cc3ccc(C(=O)NCCc4ccc(Cl)cc4)cc3)C(=O)C3CCCCC32)cc1OC. The highest BCUT2D eigenvalue weighted by Crippen LogP contribution is 2.35. The Hall–Kier alpha value is -4.57. The van der Waals surface area contributed by atoms with Gasteiger partial charge in [-0.2, -0.15) is 0 Å². The number of carbonyl (C=O) groups excluding carboxylic acids is 4. The molecule has 2 N–H and O–H groups in total. The van der Waals surface area contributed by atoms with Crippen LogP contribution < -0.4 is 20.1 Å². The van der Waals surface area contributed by atoms with Gasteiger partial charge in [-0.05, 0) is 78.8 Å². The van der Waals surface area contributed by atoms with Crippen molar-refractivity contribution >= 4 is 35.4 Å². The fourth-order valence-corrected chi connectivity index (χ4v) is 6.43. The predicted octanol–water partition coefficient (Wildman–Crippen LogP) is 5.01. The lowest BCUT2D eigenvalue weighted by atomic mass is 9.81. The highest BCUT2D eigenvalue weighted by atomic mass is 35.5. The minimum Gasteiger partial charge on any atom is -0.493 e. The summed E-state index contributed by atoms with van der Waals surface area (Å²) in [5, 5.41) is 6.52. The zero-order chi connectivity index (χ0) is 33.3. The smallest absolute Gasteiger partial charge is 0.327 e. The molecular weight excluding hydrogens is 620 g/mol. The first-order chi connectivity index (χ1) is 22.8. The van der Waals surface area contributed by atoms with Crippen LogP contribution >= 0.6 is 11.6 Å². The normalized spacial score (nSPS) is 17.6. The molecule has 1 aliphatic heterocycles. The van der Waals surface area contributed by atoms with Crippen LogP contribution in [0.2, 0.25) is 5.02 Å². The van der Waals surface area contributed by atoms with Gasteiger partial charge in [0.1, 0.15) is 6.54 Å². The predicted molar refractivity (Wildman–Crippen MR) is 179 cm³/mol. The summed E-state index contributed by atoms with van der Waals surface area (Å²) in [5.41, 5.74) is 3.25. The number of amides is 5. The third-order valence-electron chi connectivity index (χ3n) is 8.86. The van der Waals surface area contributed by atoms with Gasteiger partial charge in [-0.1, -0.05) is 54.8 Å². The van der Waals surface area contributed by atoms with E-state index in [2.05, 4.69) is 10.6 Å². The van der Waals surface area contributed by atoms with Gasteiger partial charge in [0.05, 0.1) is 26.7 Å². The van der Waals surface area contributed by atoms with Crippen molar-refractivity contribution in [1.29, 1.82) is 0 Å². The van der Waals surface area contributed by atoms with Gasteiger partial charge >= 0.3 is 6.03 Å². The molecule has 1 heterocycles. The molecular formula is C36H41ClN4O6. The fourth-order valence-electron chi connectivity index (χ4n) is 6.30. The van der Waals surface area contributed by atoms with E-state index in [1.807, 2.05) is 42.5 Å². The molecule has 2 atom stereocenters. The average molecular weight is 661 g/mol. The highest BCUT2D eigenvalue weighted by molar-refractivity contribution is 6.30. The molecule has 1 saturated carbocycles. The minimum atomic E-state index is -0.461. The molecule has 3 aromatic carbocycles. The monoisotopic (exact) mass is 660 g/mol. The van der Waals surface area contributed by atoms with Gasteiger partial charge in [-0.15, -0.1) is 0 Å². The van der Waals surface area contributed by atoms with E-state index in [9.17, 15) is 19.2 Å². The molecule has 5 rings (SSSR count). The molecule has 5 amide bonds. The lowest BCUT2D eigenvalue weighted by molar-refractivity contribution is -0.142. The lowest BCUT2D eigenvalue weighted by Gasteiger charge is -2.46. The number of hydrogen-bond donors (Lipinski definition) is 2. The van der Waals surface area contributed by atoms with Crippen molar-refractivity contribution in [3.8, 4) is 11.5 Å². The Morgan fingerprint density at radius 3 is 2.17 bits per heavy atom. The van der Waals surface area contributed by atoms with Crippen molar-refractivity contribution < 1.29 is 28.7 Å². The van der Waals surface area contributed by atoms with Crippen molar-refractivity contribution in [3.63, 3.8) is 0 Å². The molecule has 2 fully saturated rings. The first kappa shape index (κ1) is 33.8. The van der Waals surface area contributed by atoms with E-state index >= 15 is 0 Å². The second-order valence-electron chi connectivity index (χ2n) is 11.9. The van der Waals surface area contributed by atoms with E-state index < -0.39 is 6.03 Å². The Kier molecular flexibility index (Phi) is 11.4. The Balaban J connectivity index is 1.17. The number of hydrogen-bond acceptors (Lipinski definition) is 6. The molecule has 2 unspecified atom stereocenters. The van der Waals surface area contributed by atoms with Gasteiger partial charge in [0.2, 0.25) is 11.8 Å². The number of benzene rings is 3. The number of imide groups is 1. The molecule has 2 aliphatic rings. The van der Waals surface area contributed by atoms with Crippen molar-refractivity contribution in [2.75, 3.05) is 33.9 Å². The lowest BCUT2D eigenvalue weighted by Crippen LogP contribution is -2.63. The van der Waals surface area contributed by atoms with Gasteiger partial charge in [0.25, 0.3) is 5.91 Å². The summed E-state index contributed by atoms with van der Waals surface area (Å²) in [6, 6.07) is 19.3. The molecule has 0 bridgehead atoms. The van der Waals surface area contributed by atoms with E-state index in [0.29, 0.717) is 60.9 Å². The van der Waals surface area contributed by atoms with Crippen LogP contribution in [-0.4, -0.2) is 73.4 Å². The average Bonchev–Trinajstić information content (AvgIpc) is 3.09. The molecule has 47 heavy (non-hydrogen) atoms. The van der Waals surface area contributed by atoms with E-state index in [4.69, 9.17) is 21.1 Å². The standard InChI is InChI=1S/C36H41ClN4O6/c1-46-31-16-11-25(21-32(31)47-2)18-19-38-33(42)23-40-30-6-4-3-5-29(30)35(44)41(36(40)45)22-26-7-12-27(13-8-26)34(43)39-20-17-24-9-14-28(37)15-10-24/h7-16,21,29-30H,3-6,17-20,22-23H2,1-2H3,(H,38,42)(H,39,43). The van der Waals surface area contributed by atoms with Crippen LogP contribution in [0.4, 0.5) is 4.79 Å². The number of urea groups is 1. The summed E-state index contributed by atoms with van der Waals surface area (Å²) in [5.74, 6) is 0.229. The zero-order valence-corrected chi connectivity index (χ0v) is 27.6. The molecule has 10 nitrogen and oxygen atoms in total. The number of rotatable bonds is 13. The third-order valence-corrected chi connectivity index (χ3v) is 9.11. The zero-order valence-electron chi connectivity index (χ0n) is 26.8. The Labute approximate surface area is 280 Å². The molecule has 248 valence electrons. The second-order valence-corrected chi connectivity index (χ2v) is 12.3. The summed E-state index contributed by atoms with van der Waals surface area (Å²) in [4.78, 5) is 55.9. The van der Waals surface area contributed by atoms with Crippen molar-refractivity contribution in [3.05, 3.63) is 94.0 Å². The molecule has 11 heteroatoms. The van der Waals surface area contributed by atoms with Gasteiger partial charge in [0, 0.05) is 29.7 Å². The summed E-state index contributed by atoms with van der Waals surface area (Å²) in [6.07, 6.45) is 4.43. The van der Waals surface area contributed by atoms with E-state index in [1.165, 1.54) is 4.90 Å². The van der Waals surface area contributed by atoms with Crippen molar-refractivity contribution in [2.45, 2.75) is 51.1 Å². The molecule has 1 aliphatic carbocycles. The quantitative estimate of drug-likeness (QED) is 0.266. The van der Waals surface area contributed by atoms with Crippen molar-refractivity contribution in [1.82, 2.24) is 20.4 Å². The van der Waals surface area contributed by atoms with Crippen LogP contribution in [0.15, 0.2) is 66.7 Å². The van der Waals surface area contributed by atoms with Crippen LogP contribution in [0, 0.1) is 5.92 Å². The van der Waals surface area contributed by atoms with Crippen LogP contribution in [0.3, 0.4) is 0 Å². The van der Waals surface area contributed by atoms with Crippen LogP contribution in [-0.2, 0) is 29.0 Å². The molecule has 1 saturated heterocycles. The van der Waals surface area contributed by atoms with Crippen LogP contribution in [0.1, 0.15) is 52.7 Å². The van der Waals surface area contributed by atoms with Crippen molar-refractivity contribution in [2.24, 2.45) is 5.92 Å². The summed E-state index contributed by atoms with van der Waals surface area (Å²) in [6.45, 7) is 0.803. The fraction of sp³-hybridized carbons (Fsp3) is 0.389.